The molecule has 9 heteroatoms. The molecule has 0 amide bonds. The number of nitrogens with one attached hydrogen (secondary N) is 2. The van der Waals surface area contributed by atoms with E-state index in [2.05, 4.69) is 32.5 Å². The lowest BCUT2D eigenvalue weighted by atomic mass is 10.0. The van der Waals surface area contributed by atoms with Crippen molar-refractivity contribution in [2.75, 3.05) is 13.1 Å². The van der Waals surface area contributed by atoms with Gasteiger partial charge in [0.1, 0.15) is 5.84 Å². The van der Waals surface area contributed by atoms with Crippen LogP contribution >= 0.6 is 23.2 Å². The van der Waals surface area contributed by atoms with Crippen LogP contribution in [-0.4, -0.2) is 38.3 Å². The largest absolute Gasteiger partial charge is 0.322 e. The number of halogens is 2. The number of aliphatic imine (C=N–C) groups is 1. The smallest absolute Gasteiger partial charge is 0.299 e. The third-order valence-corrected chi connectivity index (χ3v) is 8.12. The summed E-state index contributed by atoms with van der Waals surface area (Å²) in [5.74, 6) is 0.381. The molecule has 3 aromatic carbocycles. The predicted molar refractivity (Wildman–Crippen MR) is 143 cm³/mol. The highest BCUT2D eigenvalue weighted by molar-refractivity contribution is 7.88. The number of hydrogen-bond donors (Lipinski definition) is 2. The summed E-state index contributed by atoms with van der Waals surface area (Å²) < 4.78 is 30.2. The summed E-state index contributed by atoms with van der Waals surface area (Å²) >= 11 is 12.7. The van der Waals surface area contributed by atoms with Gasteiger partial charge in [0.25, 0.3) is 0 Å². The van der Waals surface area contributed by atoms with Crippen molar-refractivity contribution in [2.24, 2.45) is 4.99 Å². The summed E-state index contributed by atoms with van der Waals surface area (Å²) in [5, 5.41) is 3.58. The molecular formula is C26H26Cl2N4O2S. The van der Waals surface area contributed by atoms with Crippen molar-refractivity contribution in [1.82, 2.24) is 14.3 Å². The maximum Gasteiger partial charge on any atom is 0.322 e. The van der Waals surface area contributed by atoms with Gasteiger partial charge in [-0.25, -0.2) is 0 Å². The van der Waals surface area contributed by atoms with Gasteiger partial charge in [-0.05, 0) is 41.3 Å². The molecule has 182 valence electrons. The number of likely N-dealkylation sites (tertiary alicyclic amines) is 1. The van der Waals surface area contributed by atoms with Crippen LogP contribution in [0.4, 0.5) is 0 Å². The fraction of sp³-hybridized carbons (Fsp3) is 0.269. The first-order valence-corrected chi connectivity index (χ1v) is 13.8. The zero-order chi connectivity index (χ0) is 24.4. The number of benzene rings is 3. The Morgan fingerprint density at radius 1 is 0.914 bits per heavy atom. The first-order valence-electron chi connectivity index (χ1n) is 11.6. The molecule has 0 radical (unpaired) electrons. The van der Waals surface area contributed by atoms with Crippen LogP contribution in [0.25, 0.3) is 10.8 Å². The first kappa shape index (κ1) is 24.1. The maximum absolute atomic E-state index is 12.5. The summed E-state index contributed by atoms with van der Waals surface area (Å²) in [6, 6.07) is 19.8. The molecule has 35 heavy (non-hydrogen) atoms. The highest BCUT2D eigenvalue weighted by atomic mass is 35.5. The van der Waals surface area contributed by atoms with Gasteiger partial charge in [0.05, 0.1) is 6.04 Å². The van der Waals surface area contributed by atoms with E-state index in [0.717, 1.165) is 47.8 Å². The lowest BCUT2D eigenvalue weighted by Gasteiger charge is -2.31. The van der Waals surface area contributed by atoms with Crippen LogP contribution < -0.4 is 9.44 Å². The van der Waals surface area contributed by atoms with Crippen LogP contribution in [0.1, 0.15) is 24.0 Å². The number of piperidine rings is 1. The molecule has 3 aromatic rings. The van der Waals surface area contributed by atoms with Crippen LogP contribution in [-0.2, 0) is 23.2 Å². The van der Waals surface area contributed by atoms with Crippen LogP contribution in [0, 0.1) is 0 Å². The van der Waals surface area contributed by atoms with Crippen molar-refractivity contribution in [3.63, 3.8) is 0 Å². The maximum atomic E-state index is 12.5. The van der Waals surface area contributed by atoms with E-state index < -0.39 is 10.2 Å². The molecule has 1 fully saturated rings. The number of fused-ring (bicyclic) bond motifs is 1. The molecule has 5 rings (SSSR count). The molecule has 0 bridgehead atoms. The van der Waals surface area contributed by atoms with Gasteiger partial charge in [-0.3, -0.25) is 19.3 Å². The molecule has 0 aliphatic carbocycles. The lowest BCUT2D eigenvalue weighted by Crippen LogP contribution is -2.45. The Morgan fingerprint density at radius 2 is 1.60 bits per heavy atom. The van der Waals surface area contributed by atoms with Gasteiger partial charge >= 0.3 is 10.2 Å². The Kier molecular flexibility index (Phi) is 7.02. The first-order chi connectivity index (χ1) is 16.9. The van der Waals surface area contributed by atoms with Gasteiger partial charge in [0.15, 0.2) is 0 Å². The summed E-state index contributed by atoms with van der Waals surface area (Å²) in [7, 11) is -3.71. The molecule has 0 aromatic heterocycles. The Hall–Kier alpha value is -2.58. The van der Waals surface area contributed by atoms with E-state index in [4.69, 9.17) is 28.2 Å². The molecule has 0 spiro atoms. The number of nitrogens with zero attached hydrogens (tertiary/aromatic N) is 2. The minimum absolute atomic E-state index is 0.0406. The highest BCUT2D eigenvalue weighted by Gasteiger charge is 2.24. The second kappa shape index (κ2) is 10.2. The van der Waals surface area contributed by atoms with Crippen molar-refractivity contribution in [1.29, 1.82) is 0 Å². The third-order valence-electron chi connectivity index (χ3n) is 6.40. The van der Waals surface area contributed by atoms with Crippen molar-refractivity contribution in [3.05, 3.63) is 93.6 Å². The predicted octanol–water partition coefficient (Wildman–Crippen LogP) is 5.07. The average molecular weight is 529 g/mol. The summed E-state index contributed by atoms with van der Waals surface area (Å²) in [5.41, 5.74) is 2.60. The molecule has 6 nitrogen and oxygen atoms in total. The second-order valence-electron chi connectivity index (χ2n) is 8.91. The number of rotatable bonds is 5. The van der Waals surface area contributed by atoms with Gasteiger partial charge in [0.2, 0.25) is 0 Å². The molecule has 1 saturated heterocycles. The molecule has 2 heterocycles. The molecule has 0 saturated carbocycles. The van der Waals surface area contributed by atoms with Crippen molar-refractivity contribution in [2.45, 2.75) is 31.8 Å². The van der Waals surface area contributed by atoms with Gasteiger partial charge in [0, 0.05) is 53.4 Å². The SMILES string of the molecule is O=S1(=O)NC(Cc2cccc3ccccc23)=CC(=NC2CCN(Cc3c(Cl)cccc3Cl)CC2)N1. The second-order valence-corrected chi connectivity index (χ2v) is 11.1. The Labute approximate surface area is 215 Å². The zero-order valence-corrected chi connectivity index (χ0v) is 21.4. The van der Waals surface area contributed by atoms with Crippen LogP contribution in [0.5, 0.6) is 0 Å². The zero-order valence-electron chi connectivity index (χ0n) is 19.0. The Bertz CT molecular complexity index is 1390. The van der Waals surface area contributed by atoms with Gasteiger partial charge in [-0.1, -0.05) is 71.7 Å². The third kappa shape index (κ3) is 5.81. The van der Waals surface area contributed by atoms with Gasteiger partial charge < -0.3 is 0 Å². The van der Waals surface area contributed by atoms with Gasteiger partial charge in [-0.2, -0.15) is 8.42 Å². The minimum atomic E-state index is -3.71. The van der Waals surface area contributed by atoms with Crippen LogP contribution in [0.3, 0.4) is 0 Å². The van der Waals surface area contributed by atoms with Crippen LogP contribution in [0.2, 0.25) is 10.0 Å². The molecule has 2 N–H and O–H groups in total. The molecule has 2 aliphatic heterocycles. The fourth-order valence-electron chi connectivity index (χ4n) is 4.67. The van der Waals surface area contributed by atoms with Crippen LogP contribution in [0.15, 0.2) is 77.4 Å². The van der Waals surface area contributed by atoms with E-state index in [0.29, 0.717) is 34.5 Å². The van der Waals surface area contributed by atoms with E-state index in [1.807, 2.05) is 42.5 Å². The van der Waals surface area contributed by atoms with E-state index in [1.165, 1.54) is 0 Å². The number of hydrogen-bond acceptors (Lipinski definition) is 4. The van der Waals surface area contributed by atoms with E-state index >= 15 is 0 Å². The Balaban J connectivity index is 1.29. The monoisotopic (exact) mass is 528 g/mol. The van der Waals surface area contributed by atoms with Crippen molar-refractivity contribution >= 4 is 50.0 Å². The van der Waals surface area contributed by atoms with E-state index in [-0.39, 0.29) is 6.04 Å². The van der Waals surface area contributed by atoms with Crippen molar-refractivity contribution in [3.8, 4) is 0 Å². The lowest BCUT2D eigenvalue weighted by molar-refractivity contribution is 0.206. The van der Waals surface area contributed by atoms with E-state index in [9.17, 15) is 8.42 Å². The molecule has 0 atom stereocenters. The fourth-order valence-corrected chi connectivity index (χ4v) is 6.10. The topological polar surface area (TPSA) is 73.8 Å². The summed E-state index contributed by atoms with van der Waals surface area (Å²) in [6.45, 7) is 2.36. The van der Waals surface area contributed by atoms with Crippen molar-refractivity contribution < 1.29 is 8.42 Å². The molecule has 2 aliphatic rings. The quantitative estimate of drug-likeness (QED) is 0.485. The van der Waals surface area contributed by atoms with E-state index in [1.54, 1.807) is 6.08 Å². The highest BCUT2D eigenvalue weighted by Crippen LogP contribution is 2.27. The summed E-state index contributed by atoms with van der Waals surface area (Å²) in [6.07, 6.45) is 3.93. The number of allylic oxidation sites excluding steroid dienone is 1. The standard InChI is InChI=1S/C26H26Cl2N4O2S/c27-24-9-4-10-25(28)23(24)17-32-13-11-20(12-14-32)29-26-16-21(30-35(33,34)31-26)15-19-7-3-6-18-5-1-2-8-22(18)19/h1-10,16,20,30H,11-15,17H2,(H,29,31). The minimum Gasteiger partial charge on any atom is -0.299 e. The summed E-state index contributed by atoms with van der Waals surface area (Å²) in [4.78, 5) is 7.06. The Morgan fingerprint density at radius 3 is 2.37 bits per heavy atom. The normalized spacial score (nSPS) is 19.8. The average Bonchev–Trinajstić information content (AvgIpc) is 2.82. The van der Waals surface area contributed by atoms with Gasteiger partial charge in [-0.15, -0.1) is 0 Å². The number of amidine groups is 1. The molecule has 0 unspecified atom stereocenters. The molecular weight excluding hydrogens is 503 g/mol.